The average Bonchev–Trinajstić information content (AvgIpc) is 2.76. The number of nitrogens with one attached hydrogen (secondary N) is 2. The minimum absolute atomic E-state index is 0.0273. The zero-order valence-electron chi connectivity index (χ0n) is 19.3. The van der Waals surface area contributed by atoms with Crippen LogP contribution in [0.25, 0.3) is 0 Å². The predicted octanol–water partition coefficient (Wildman–Crippen LogP) is 2.93. The van der Waals surface area contributed by atoms with Gasteiger partial charge in [0, 0.05) is 30.9 Å². The number of carbonyl (C=O) groups excluding carboxylic acids is 3. The average molecular weight is 443 g/mol. The largest absolute Gasteiger partial charge is 0.378 e. The fraction of sp³-hybridized carbons (Fsp3) is 0.625. The van der Waals surface area contributed by atoms with Crippen molar-refractivity contribution < 1.29 is 19.1 Å². The number of ether oxygens (including phenoxy) is 1. The summed E-state index contributed by atoms with van der Waals surface area (Å²) >= 11 is 0. The Kier molecular flexibility index (Phi) is 7.69. The Labute approximate surface area is 189 Å². The summed E-state index contributed by atoms with van der Waals surface area (Å²) in [7, 11) is 0. The molecule has 1 saturated heterocycles. The molecule has 32 heavy (non-hydrogen) atoms. The highest BCUT2D eigenvalue weighted by atomic mass is 16.5. The zero-order chi connectivity index (χ0) is 23.2. The third-order valence-electron chi connectivity index (χ3n) is 6.31. The van der Waals surface area contributed by atoms with Crippen molar-refractivity contribution in [1.82, 2.24) is 10.6 Å². The van der Waals surface area contributed by atoms with Crippen molar-refractivity contribution in [3.05, 3.63) is 29.8 Å². The number of hydrogen-bond acceptors (Lipinski definition) is 6. The molecule has 1 aliphatic carbocycles. The first kappa shape index (κ1) is 24.0. The minimum Gasteiger partial charge on any atom is -0.378 e. The fourth-order valence-electron chi connectivity index (χ4n) is 5.18. The second-order valence-electron chi connectivity index (χ2n) is 10.0. The van der Waals surface area contributed by atoms with Crippen molar-refractivity contribution in [3.8, 4) is 0 Å². The highest BCUT2D eigenvalue weighted by Crippen LogP contribution is 2.46. The first-order chi connectivity index (χ1) is 15.2. The van der Waals surface area contributed by atoms with Crippen molar-refractivity contribution in [2.24, 2.45) is 15.8 Å². The van der Waals surface area contributed by atoms with Crippen LogP contribution in [0.4, 0.5) is 10.5 Å². The number of amides is 2. The van der Waals surface area contributed by atoms with Crippen molar-refractivity contribution in [2.75, 3.05) is 44.3 Å². The SMILES string of the molecule is CC1(C)CC(N=C=O)CC(C)(CNC(=O)NCC(=O)c2ccc(N3CCOCC3)cc2)C1. The van der Waals surface area contributed by atoms with E-state index in [9.17, 15) is 14.4 Å². The second-order valence-corrected chi connectivity index (χ2v) is 10.0. The predicted molar refractivity (Wildman–Crippen MR) is 123 cm³/mol. The van der Waals surface area contributed by atoms with E-state index in [4.69, 9.17) is 4.74 Å². The van der Waals surface area contributed by atoms with Crippen LogP contribution in [0.15, 0.2) is 29.3 Å². The van der Waals surface area contributed by atoms with Gasteiger partial charge in [0.25, 0.3) is 0 Å². The van der Waals surface area contributed by atoms with E-state index in [1.165, 1.54) is 0 Å². The minimum atomic E-state index is -0.372. The van der Waals surface area contributed by atoms with Gasteiger partial charge in [-0.3, -0.25) is 4.79 Å². The Balaban J connectivity index is 1.47. The molecular weight excluding hydrogens is 408 g/mol. The summed E-state index contributed by atoms with van der Waals surface area (Å²) in [5.41, 5.74) is 1.48. The molecule has 1 heterocycles. The van der Waals surface area contributed by atoms with Crippen LogP contribution in [0.2, 0.25) is 0 Å². The highest BCUT2D eigenvalue weighted by Gasteiger charge is 2.41. The summed E-state index contributed by atoms with van der Waals surface area (Å²) in [5.74, 6) is -0.140. The zero-order valence-corrected chi connectivity index (χ0v) is 19.3. The number of rotatable bonds is 7. The van der Waals surface area contributed by atoms with E-state index < -0.39 is 0 Å². The molecule has 2 aliphatic rings. The molecule has 0 aromatic heterocycles. The molecule has 1 aromatic rings. The number of nitrogens with zero attached hydrogens (tertiary/aromatic N) is 2. The number of ketones is 1. The molecular formula is C24H34N4O4. The van der Waals surface area contributed by atoms with Gasteiger partial charge in [-0.15, -0.1) is 0 Å². The fourth-order valence-corrected chi connectivity index (χ4v) is 5.18. The van der Waals surface area contributed by atoms with Crippen molar-refractivity contribution in [1.29, 1.82) is 0 Å². The van der Waals surface area contributed by atoms with Crippen LogP contribution in [0.3, 0.4) is 0 Å². The van der Waals surface area contributed by atoms with Crippen LogP contribution in [0.1, 0.15) is 50.4 Å². The summed E-state index contributed by atoms with van der Waals surface area (Å²) in [4.78, 5) is 41.7. The lowest BCUT2D eigenvalue weighted by atomic mass is 9.63. The van der Waals surface area contributed by atoms with Gasteiger partial charge in [0.2, 0.25) is 6.08 Å². The lowest BCUT2D eigenvalue weighted by Crippen LogP contribution is -2.47. The van der Waals surface area contributed by atoms with Gasteiger partial charge in [-0.2, -0.15) is 0 Å². The summed E-state index contributed by atoms with van der Waals surface area (Å²) in [6, 6.07) is 7.01. The number of benzene rings is 1. The summed E-state index contributed by atoms with van der Waals surface area (Å²) < 4.78 is 5.37. The van der Waals surface area contributed by atoms with Crippen LogP contribution in [0, 0.1) is 10.8 Å². The molecule has 2 unspecified atom stereocenters. The number of urea groups is 1. The Bertz CT molecular complexity index is 857. The number of morpholine rings is 1. The molecule has 2 N–H and O–H groups in total. The van der Waals surface area contributed by atoms with Crippen LogP contribution in [-0.2, 0) is 9.53 Å². The normalized spacial score (nSPS) is 24.8. The lowest BCUT2D eigenvalue weighted by Gasteiger charge is -2.45. The molecule has 3 rings (SSSR count). The molecule has 8 nitrogen and oxygen atoms in total. The van der Waals surface area contributed by atoms with Crippen LogP contribution in [0.5, 0.6) is 0 Å². The molecule has 0 radical (unpaired) electrons. The quantitative estimate of drug-likeness (QED) is 0.384. The summed E-state index contributed by atoms with van der Waals surface area (Å²) in [6.45, 7) is 9.89. The first-order valence-corrected chi connectivity index (χ1v) is 11.2. The number of Topliss-reactive ketones (excluding diaryl/α,β-unsaturated/α-hetero) is 1. The smallest absolute Gasteiger partial charge is 0.315 e. The maximum absolute atomic E-state index is 12.5. The molecule has 2 atom stereocenters. The van der Waals surface area contributed by atoms with Gasteiger partial charge in [-0.25, -0.2) is 14.6 Å². The number of isocyanates is 1. The van der Waals surface area contributed by atoms with Gasteiger partial charge in [0.05, 0.1) is 25.8 Å². The van der Waals surface area contributed by atoms with Gasteiger partial charge >= 0.3 is 6.03 Å². The topological polar surface area (TPSA) is 100 Å². The highest BCUT2D eigenvalue weighted by molar-refractivity contribution is 5.99. The second kappa shape index (κ2) is 10.3. The Hall–Kier alpha value is -2.70. The van der Waals surface area contributed by atoms with E-state index in [0.717, 1.165) is 38.0 Å². The van der Waals surface area contributed by atoms with Gasteiger partial charge in [-0.05, 0) is 54.4 Å². The maximum atomic E-state index is 12.5. The van der Waals surface area contributed by atoms with E-state index in [-0.39, 0.29) is 35.2 Å². The lowest BCUT2D eigenvalue weighted by molar-refractivity contribution is 0.0849. The number of aliphatic imine (C=N–C) groups is 1. The van der Waals surface area contributed by atoms with Crippen molar-refractivity contribution in [3.63, 3.8) is 0 Å². The summed E-state index contributed by atoms with van der Waals surface area (Å²) in [6.07, 6.45) is 4.15. The van der Waals surface area contributed by atoms with Gasteiger partial charge in [-0.1, -0.05) is 20.8 Å². The van der Waals surface area contributed by atoms with Gasteiger partial charge in [0.15, 0.2) is 5.78 Å². The third kappa shape index (κ3) is 6.65. The van der Waals surface area contributed by atoms with E-state index in [2.05, 4.69) is 41.3 Å². The van der Waals surface area contributed by atoms with E-state index in [1.54, 1.807) is 18.2 Å². The Morgan fingerprint density at radius 2 is 1.81 bits per heavy atom. The molecule has 174 valence electrons. The van der Waals surface area contributed by atoms with E-state index >= 15 is 0 Å². The molecule has 2 fully saturated rings. The maximum Gasteiger partial charge on any atom is 0.315 e. The van der Waals surface area contributed by atoms with E-state index in [1.807, 2.05) is 12.1 Å². The van der Waals surface area contributed by atoms with E-state index in [0.29, 0.717) is 25.3 Å². The summed E-state index contributed by atoms with van der Waals surface area (Å²) in [5, 5.41) is 5.55. The molecule has 0 bridgehead atoms. The van der Waals surface area contributed by atoms with Gasteiger partial charge in [0.1, 0.15) is 0 Å². The molecule has 1 aliphatic heterocycles. The first-order valence-electron chi connectivity index (χ1n) is 11.2. The third-order valence-corrected chi connectivity index (χ3v) is 6.31. The monoisotopic (exact) mass is 442 g/mol. The molecule has 1 saturated carbocycles. The Morgan fingerprint density at radius 1 is 1.12 bits per heavy atom. The molecule has 1 aromatic carbocycles. The number of carbonyl (C=O) groups is 2. The molecule has 0 spiro atoms. The number of hydrogen-bond donors (Lipinski definition) is 2. The van der Waals surface area contributed by atoms with Crippen molar-refractivity contribution >= 4 is 23.6 Å². The standard InChI is InChI=1S/C24H34N4O4/c1-23(2)12-19(27-17-29)13-24(3,15-23)16-26-22(31)25-14-21(30)18-4-6-20(7-5-18)28-8-10-32-11-9-28/h4-7,19H,8-16H2,1-3H3,(H2,25,26,31). The van der Waals surface area contributed by atoms with Crippen LogP contribution in [-0.4, -0.2) is 63.3 Å². The number of anilines is 1. The van der Waals surface area contributed by atoms with Crippen LogP contribution >= 0.6 is 0 Å². The Morgan fingerprint density at radius 3 is 2.47 bits per heavy atom. The molecule has 8 heteroatoms. The van der Waals surface area contributed by atoms with Gasteiger partial charge < -0.3 is 20.3 Å². The van der Waals surface area contributed by atoms with Crippen LogP contribution < -0.4 is 15.5 Å². The molecule has 2 amide bonds. The van der Waals surface area contributed by atoms with Crippen molar-refractivity contribution in [2.45, 2.75) is 46.1 Å².